The number of ether oxygens (including phenoxy) is 1. The number of aliphatic hydroxyl groups is 1. The number of carbonyl (C=O) groups excluding carboxylic acids is 2. The summed E-state index contributed by atoms with van der Waals surface area (Å²) >= 11 is 2.48. The van der Waals surface area contributed by atoms with Crippen molar-refractivity contribution in [3.05, 3.63) is 81.1 Å². The van der Waals surface area contributed by atoms with Crippen molar-refractivity contribution in [2.24, 2.45) is 0 Å². The number of benzene rings is 2. The smallest absolute Gasteiger partial charge is 0.335 e. The van der Waals surface area contributed by atoms with Crippen LogP contribution in [0.4, 0.5) is 5.13 Å². The fraction of sp³-hybridized carbons (Fsp3) is 0.154. The first-order valence-corrected chi connectivity index (χ1v) is 12.8. The Labute approximate surface area is 212 Å². The topological polar surface area (TPSA) is 117 Å². The quantitative estimate of drug-likeness (QED) is 0.222. The second-order valence-electron chi connectivity index (χ2n) is 8.62. The van der Waals surface area contributed by atoms with Gasteiger partial charge in [0.15, 0.2) is 5.13 Å². The summed E-state index contributed by atoms with van der Waals surface area (Å²) in [6, 6.07) is 12.5. The summed E-state index contributed by atoms with van der Waals surface area (Å²) in [4.78, 5) is 44.6. The third-order valence-electron chi connectivity index (χ3n) is 6.26. The number of ketones is 1. The first kappa shape index (κ1) is 22.4. The molecule has 1 amide bonds. The van der Waals surface area contributed by atoms with E-state index in [4.69, 9.17) is 4.74 Å². The van der Waals surface area contributed by atoms with Crippen molar-refractivity contribution < 1.29 is 29.3 Å². The van der Waals surface area contributed by atoms with Crippen LogP contribution >= 0.6 is 22.7 Å². The number of nitrogens with zero attached hydrogens (tertiary/aromatic N) is 2. The van der Waals surface area contributed by atoms with Crippen molar-refractivity contribution in [3.8, 4) is 5.75 Å². The monoisotopic (exact) mass is 518 g/mol. The number of thiazole rings is 1. The highest BCUT2D eigenvalue weighted by Gasteiger charge is 2.48. The molecule has 36 heavy (non-hydrogen) atoms. The number of Topliss-reactive ketones (excluding diaryl/α,β-unsaturated/α-hetero) is 1. The highest BCUT2D eigenvalue weighted by atomic mass is 32.1. The van der Waals surface area contributed by atoms with Crippen molar-refractivity contribution in [1.29, 1.82) is 0 Å². The van der Waals surface area contributed by atoms with Gasteiger partial charge >= 0.3 is 11.9 Å². The van der Waals surface area contributed by atoms with Crippen molar-refractivity contribution in [3.63, 3.8) is 0 Å². The molecule has 2 aliphatic heterocycles. The van der Waals surface area contributed by atoms with Gasteiger partial charge in [0.25, 0.3) is 5.78 Å². The summed E-state index contributed by atoms with van der Waals surface area (Å²) in [5.41, 5.74) is 1.96. The van der Waals surface area contributed by atoms with Crippen LogP contribution in [0.2, 0.25) is 0 Å². The molecule has 0 bridgehead atoms. The maximum Gasteiger partial charge on any atom is 0.335 e. The molecule has 0 radical (unpaired) electrons. The van der Waals surface area contributed by atoms with Crippen LogP contribution < -0.4 is 9.64 Å². The molecule has 0 aliphatic carbocycles. The number of carboxylic acid groups (broad SMARTS) is 1. The first-order valence-electron chi connectivity index (χ1n) is 11.1. The fourth-order valence-corrected chi connectivity index (χ4v) is 6.47. The highest BCUT2D eigenvalue weighted by molar-refractivity contribution is 7.22. The summed E-state index contributed by atoms with van der Waals surface area (Å²) in [6.07, 6.45) is 0.707. The Morgan fingerprint density at radius 3 is 2.67 bits per heavy atom. The van der Waals surface area contributed by atoms with E-state index in [1.807, 2.05) is 18.4 Å². The maximum atomic E-state index is 13.3. The number of aliphatic hydroxyl groups excluding tert-OH is 1. The van der Waals surface area contributed by atoms with E-state index >= 15 is 0 Å². The average Bonchev–Trinajstić information content (AvgIpc) is 3.63. The fourth-order valence-electron chi connectivity index (χ4n) is 4.62. The number of aromatic carboxylic acids is 1. The molecule has 4 heterocycles. The van der Waals surface area contributed by atoms with Crippen molar-refractivity contribution in [1.82, 2.24) is 4.98 Å². The van der Waals surface area contributed by atoms with Crippen LogP contribution in [0.3, 0.4) is 0 Å². The van der Waals surface area contributed by atoms with Gasteiger partial charge in [0, 0.05) is 16.9 Å². The van der Waals surface area contributed by atoms with E-state index in [0.717, 1.165) is 22.6 Å². The lowest BCUT2D eigenvalue weighted by molar-refractivity contribution is -0.132. The molecular formula is C26H18N2O6S2. The SMILES string of the molecule is CC1Cc2cc(/C(O)=C3\C(=O)C(=O)N(c4nc5ccc(C(=O)O)cc5s4)C3c3cccs3)ccc2O1. The van der Waals surface area contributed by atoms with Gasteiger partial charge in [-0.25, -0.2) is 9.78 Å². The highest BCUT2D eigenvalue weighted by Crippen LogP contribution is 2.46. The zero-order valence-corrected chi connectivity index (χ0v) is 20.4. The zero-order chi connectivity index (χ0) is 25.1. The Morgan fingerprint density at radius 2 is 1.92 bits per heavy atom. The van der Waals surface area contributed by atoms with Gasteiger partial charge in [-0.3, -0.25) is 14.5 Å². The Kier molecular flexibility index (Phi) is 5.16. The number of rotatable bonds is 4. The third-order valence-corrected chi connectivity index (χ3v) is 8.20. The van der Waals surface area contributed by atoms with Crippen LogP contribution in [0.25, 0.3) is 16.0 Å². The van der Waals surface area contributed by atoms with Crippen LogP contribution in [0.15, 0.2) is 59.5 Å². The average molecular weight is 519 g/mol. The van der Waals surface area contributed by atoms with E-state index in [1.165, 1.54) is 28.4 Å². The van der Waals surface area contributed by atoms with E-state index in [0.29, 0.717) is 27.1 Å². The lowest BCUT2D eigenvalue weighted by atomic mass is 9.98. The molecule has 2 atom stereocenters. The Hall–Kier alpha value is -4.02. The summed E-state index contributed by atoms with van der Waals surface area (Å²) in [5.74, 6) is -2.19. The molecule has 2 aliphatic rings. The minimum absolute atomic E-state index is 0.0140. The summed E-state index contributed by atoms with van der Waals surface area (Å²) < 4.78 is 6.32. The normalized spacial score (nSPS) is 20.6. The van der Waals surface area contributed by atoms with Crippen molar-refractivity contribution in [2.45, 2.75) is 25.5 Å². The Morgan fingerprint density at radius 1 is 1.11 bits per heavy atom. The van der Waals surface area contributed by atoms with E-state index in [-0.39, 0.29) is 28.1 Å². The molecule has 1 fully saturated rings. The third kappa shape index (κ3) is 3.49. The minimum atomic E-state index is -1.07. The van der Waals surface area contributed by atoms with Crippen molar-refractivity contribution in [2.75, 3.05) is 4.90 Å². The predicted molar refractivity (Wildman–Crippen MR) is 136 cm³/mol. The molecule has 2 N–H and O–H groups in total. The summed E-state index contributed by atoms with van der Waals surface area (Å²) in [5, 5.41) is 22.7. The number of aromatic nitrogens is 1. The molecule has 180 valence electrons. The molecule has 4 aromatic rings. The molecule has 1 saturated heterocycles. The van der Waals surface area contributed by atoms with E-state index in [1.54, 1.807) is 30.3 Å². The van der Waals surface area contributed by atoms with E-state index < -0.39 is 23.7 Å². The van der Waals surface area contributed by atoms with Gasteiger partial charge in [-0.05, 0) is 60.3 Å². The number of amides is 1. The number of carbonyl (C=O) groups is 3. The van der Waals surface area contributed by atoms with E-state index in [2.05, 4.69) is 4.98 Å². The molecule has 0 saturated carbocycles. The number of hydrogen-bond donors (Lipinski definition) is 2. The number of anilines is 1. The largest absolute Gasteiger partial charge is 0.507 e. The molecular weight excluding hydrogens is 500 g/mol. The van der Waals surface area contributed by atoms with Crippen LogP contribution in [-0.2, 0) is 16.0 Å². The van der Waals surface area contributed by atoms with Gasteiger partial charge in [0.05, 0.1) is 21.4 Å². The summed E-state index contributed by atoms with van der Waals surface area (Å²) in [7, 11) is 0. The number of thiophene rings is 1. The number of hydrogen-bond acceptors (Lipinski definition) is 8. The first-order chi connectivity index (χ1) is 17.3. The molecule has 2 aromatic carbocycles. The van der Waals surface area contributed by atoms with Gasteiger partial charge < -0.3 is 14.9 Å². The lowest BCUT2D eigenvalue weighted by Crippen LogP contribution is -2.28. The van der Waals surface area contributed by atoms with Gasteiger partial charge in [0.1, 0.15) is 23.7 Å². The summed E-state index contributed by atoms with van der Waals surface area (Å²) in [6.45, 7) is 1.96. The second-order valence-corrected chi connectivity index (χ2v) is 10.6. The molecule has 6 rings (SSSR count). The Balaban J connectivity index is 1.50. The van der Waals surface area contributed by atoms with E-state index in [9.17, 15) is 24.6 Å². The Bertz CT molecular complexity index is 1600. The van der Waals surface area contributed by atoms with Crippen LogP contribution in [0.1, 0.15) is 39.3 Å². The van der Waals surface area contributed by atoms with Crippen LogP contribution in [-0.4, -0.2) is 39.0 Å². The number of carboxylic acids is 1. The molecule has 8 nitrogen and oxygen atoms in total. The molecule has 2 aromatic heterocycles. The molecule has 2 unspecified atom stereocenters. The standard InChI is InChI=1S/C26H18N2O6S2/c1-12-9-15-10-13(5-7-17(15)34-12)22(29)20-21(18-3-2-8-35-18)28(24(31)23(20)30)26-27-16-6-4-14(25(32)33)11-19(16)36-26/h2-8,10-12,21,29H,9H2,1H3,(H,32,33)/b22-20+. The van der Waals surface area contributed by atoms with Gasteiger partial charge in [-0.1, -0.05) is 17.4 Å². The van der Waals surface area contributed by atoms with Crippen LogP contribution in [0, 0.1) is 0 Å². The van der Waals surface area contributed by atoms with Gasteiger partial charge in [-0.15, -0.1) is 11.3 Å². The predicted octanol–water partition coefficient (Wildman–Crippen LogP) is 5.01. The number of fused-ring (bicyclic) bond motifs is 2. The lowest BCUT2D eigenvalue weighted by Gasteiger charge is -2.21. The molecule has 10 heteroatoms. The zero-order valence-electron chi connectivity index (χ0n) is 18.8. The minimum Gasteiger partial charge on any atom is -0.507 e. The van der Waals surface area contributed by atoms with Crippen molar-refractivity contribution >= 4 is 61.4 Å². The maximum absolute atomic E-state index is 13.3. The second kappa shape index (κ2) is 8.28. The van der Waals surface area contributed by atoms with Gasteiger partial charge in [-0.2, -0.15) is 0 Å². The van der Waals surface area contributed by atoms with Crippen LogP contribution in [0.5, 0.6) is 5.75 Å². The van der Waals surface area contributed by atoms with Gasteiger partial charge in [0.2, 0.25) is 0 Å². The molecule has 0 spiro atoms.